The van der Waals surface area contributed by atoms with Crippen molar-refractivity contribution < 1.29 is 4.79 Å². The Morgan fingerprint density at radius 3 is 2.52 bits per heavy atom. The average Bonchev–Trinajstić information content (AvgIpc) is 2.75. The van der Waals surface area contributed by atoms with Gasteiger partial charge in [0.1, 0.15) is 5.82 Å². The number of hydrogen-bond acceptors (Lipinski definition) is 4. The highest BCUT2D eigenvalue weighted by molar-refractivity contribution is 5.91. The van der Waals surface area contributed by atoms with Gasteiger partial charge in [-0.2, -0.15) is 0 Å². The van der Waals surface area contributed by atoms with Crippen LogP contribution in [0.1, 0.15) is 35.6 Å². The molecule has 0 saturated carbocycles. The van der Waals surface area contributed by atoms with Crippen LogP contribution < -0.4 is 10.6 Å². The van der Waals surface area contributed by atoms with Crippen LogP contribution in [0.15, 0.2) is 60.9 Å². The van der Waals surface area contributed by atoms with Crippen LogP contribution >= 0.6 is 0 Å². The Kier molecular flexibility index (Phi) is 5.96. The van der Waals surface area contributed by atoms with E-state index < -0.39 is 0 Å². The van der Waals surface area contributed by atoms with Gasteiger partial charge in [0.25, 0.3) is 0 Å². The standard InChI is InChI=1S/C24H26N4O/c1-17-14-21(10-13-26-17)19-4-2-18(3-5-19)15-24(29)28-23-7-6-22(16-27-23)20-8-11-25-12-9-20/h2-7,10,13-14,16,20,25H,8-9,11-12,15H2,1H3,(H,27,28,29). The molecule has 0 spiro atoms. The molecule has 2 N–H and O–H groups in total. The first-order valence-corrected chi connectivity index (χ1v) is 10.2. The van der Waals surface area contributed by atoms with Gasteiger partial charge in [-0.15, -0.1) is 0 Å². The number of anilines is 1. The van der Waals surface area contributed by atoms with Gasteiger partial charge in [0, 0.05) is 18.1 Å². The second kappa shape index (κ2) is 8.97. The van der Waals surface area contributed by atoms with Crippen molar-refractivity contribution in [1.82, 2.24) is 15.3 Å². The third-order valence-corrected chi connectivity index (χ3v) is 5.41. The number of aromatic nitrogens is 2. The van der Waals surface area contributed by atoms with Gasteiger partial charge in [0.2, 0.25) is 5.91 Å². The molecule has 5 nitrogen and oxygen atoms in total. The first kappa shape index (κ1) is 19.3. The first-order chi connectivity index (χ1) is 14.2. The minimum Gasteiger partial charge on any atom is -0.317 e. The zero-order valence-corrected chi connectivity index (χ0v) is 16.7. The number of piperidine rings is 1. The molecular formula is C24H26N4O. The number of nitrogens with zero attached hydrogens (tertiary/aromatic N) is 2. The fourth-order valence-electron chi connectivity index (χ4n) is 3.79. The lowest BCUT2D eigenvalue weighted by atomic mass is 9.91. The molecule has 4 rings (SSSR count). The number of rotatable bonds is 5. The summed E-state index contributed by atoms with van der Waals surface area (Å²) in [5.41, 5.74) is 5.47. The molecule has 0 unspecified atom stereocenters. The molecular weight excluding hydrogens is 360 g/mol. The zero-order chi connectivity index (χ0) is 20.1. The predicted octanol–water partition coefficient (Wildman–Crippen LogP) is 4.10. The van der Waals surface area contributed by atoms with E-state index in [0.717, 1.165) is 48.3 Å². The van der Waals surface area contributed by atoms with E-state index >= 15 is 0 Å². The number of amides is 1. The molecule has 0 radical (unpaired) electrons. The first-order valence-electron chi connectivity index (χ1n) is 10.2. The molecule has 29 heavy (non-hydrogen) atoms. The Bertz CT molecular complexity index is 961. The van der Waals surface area contributed by atoms with Crippen molar-refractivity contribution >= 4 is 11.7 Å². The molecule has 0 bridgehead atoms. The van der Waals surface area contributed by atoms with E-state index in [4.69, 9.17) is 0 Å². The summed E-state index contributed by atoms with van der Waals surface area (Å²) in [6.07, 6.45) is 6.32. The molecule has 0 atom stereocenters. The van der Waals surface area contributed by atoms with Crippen molar-refractivity contribution in [1.29, 1.82) is 0 Å². The molecule has 1 aliphatic heterocycles. The number of hydrogen-bond donors (Lipinski definition) is 2. The van der Waals surface area contributed by atoms with Gasteiger partial charge in [0.05, 0.1) is 6.42 Å². The molecule has 3 aromatic rings. The predicted molar refractivity (Wildman–Crippen MR) is 116 cm³/mol. The quantitative estimate of drug-likeness (QED) is 0.693. The molecule has 148 valence electrons. The maximum absolute atomic E-state index is 12.4. The lowest BCUT2D eigenvalue weighted by molar-refractivity contribution is -0.115. The summed E-state index contributed by atoms with van der Waals surface area (Å²) in [4.78, 5) is 21.1. The third-order valence-electron chi connectivity index (χ3n) is 5.41. The highest BCUT2D eigenvalue weighted by Crippen LogP contribution is 2.25. The van der Waals surface area contributed by atoms with E-state index in [1.165, 1.54) is 5.56 Å². The lowest BCUT2D eigenvalue weighted by Crippen LogP contribution is -2.26. The smallest absolute Gasteiger partial charge is 0.229 e. The third kappa shape index (κ3) is 5.06. The average molecular weight is 386 g/mol. The highest BCUT2D eigenvalue weighted by Gasteiger charge is 2.15. The molecule has 0 aliphatic carbocycles. The molecule has 2 aromatic heterocycles. The Morgan fingerprint density at radius 1 is 1.03 bits per heavy atom. The molecule has 1 fully saturated rings. The summed E-state index contributed by atoms with van der Waals surface area (Å²) in [6.45, 7) is 4.10. The Balaban J connectivity index is 1.34. The fraction of sp³-hybridized carbons (Fsp3) is 0.292. The van der Waals surface area contributed by atoms with E-state index in [2.05, 4.69) is 32.7 Å². The molecule has 1 amide bonds. The largest absolute Gasteiger partial charge is 0.317 e. The SMILES string of the molecule is Cc1cc(-c2ccc(CC(=O)Nc3ccc(C4CCNCC4)cn3)cc2)ccn1. The molecule has 1 aromatic carbocycles. The van der Waals surface area contributed by atoms with Crippen LogP contribution in [0, 0.1) is 6.92 Å². The van der Waals surface area contributed by atoms with E-state index in [1.54, 1.807) is 0 Å². The number of carbonyl (C=O) groups excluding carboxylic acids is 1. The molecule has 3 heterocycles. The van der Waals surface area contributed by atoms with Gasteiger partial charge in [-0.25, -0.2) is 4.98 Å². The molecule has 1 aliphatic rings. The number of pyridine rings is 2. The van der Waals surface area contributed by atoms with Gasteiger partial charge in [0.15, 0.2) is 0 Å². The topological polar surface area (TPSA) is 66.9 Å². The van der Waals surface area contributed by atoms with Crippen LogP contribution in [0.25, 0.3) is 11.1 Å². The van der Waals surface area contributed by atoms with Crippen molar-refractivity contribution in [3.63, 3.8) is 0 Å². The van der Waals surface area contributed by atoms with Crippen molar-refractivity contribution in [3.8, 4) is 11.1 Å². The number of aryl methyl sites for hydroxylation is 1. The summed E-state index contributed by atoms with van der Waals surface area (Å²) >= 11 is 0. The molecule has 5 heteroatoms. The van der Waals surface area contributed by atoms with E-state index in [0.29, 0.717) is 18.2 Å². The normalized spacial score (nSPS) is 14.5. The van der Waals surface area contributed by atoms with Gasteiger partial charge >= 0.3 is 0 Å². The van der Waals surface area contributed by atoms with E-state index in [1.807, 2.05) is 55.7 Å². The van der Waals surface area contributed by atoms with Gasteiger partial charge in [-0.05, 0) is 79.2 Å². The van der Waals surface area contributed by atoms with Crippen LogP contribution in [0.4, 0.5) is 5.82 Å². The summed E-state index contributed by atoms with van der Waals surface area (Å²) in [5.74, 6) is 1.12. The lowest BCUT2D eigenvalue weighted by Gasteiger charge is -2.22. The van der Waals surface area contributed by atoms with Crippen LogP contribution in [0.2, 0.25) is 0 Å². The van der Waals surface area contributed by atoms with Gasteiger partial charge in [-0.3, -0.25) is 9.78 Å². The van der Waals surface area contributed by atoms with Crippen LogP contribution in [-0.2, 0) is 11.2 Å². The second-order valence-corrected chi connectivity index (χ2v) is 7.61. The van der Waals surface area contributed by atoms with Crippen molar-refractivity contribution in [3.05, 3.63) is 77.7 Å². The second-order valence-electron chi connectivity index (χ2n) is 7.61. The van der Waals surface area contributed by atoms with Crippen LogP contribution in [0.5, 0.6) is 0 Å². The maximum Gasteiger partial charge on any atom is 0.229 e. The monoisotopic (exact) mass is 386 g/mol. The van der Waals surface area contributed by atoms with Gasteiger partial charge in [-0.1, -0.05) is 30.3 Å². The molecule has 1 saturated heterocycles. The van der Waals surface area contributed by atoms with E-state index in [9.17, 15) is 4.79 Å². The zero-order valence-electron chi connectivity index (χ0n) is 16.7. The summed E-state index contributed by atoms with van der Waals surface area (Å²) in [6, 6.07) is 16.1. The van der Waals surface area contributed by atoms with Crippen molar-refractivity contribution in [2.75, 3.05) is 18.4 Å². The summed E-state index contributed by atoms with van der Waals surface area (Å²) in [5, 5.41) is 6.28. The van der Waals surface area contributed by atoms with E-state index in [-0.39, 0.29) is 5.91 Å². The van der Waals surface area contributed by atoms with Crippen LogP contribution in [0.3, 0.4) is 0 Å². The fourth-order valence-corrected chi connectivity index (χ4v) is 3.79. The minimum atomic E-state index is -0.0559. The number of carbonyl (C=O) groups is 1. The summed E-state index contributed by atoms with van der Waals surface area (Å²) < 4.78 is 0. The Hall–Kier alpha value is -3.05. The van der Waals surface area contributed by atoms with Crippen molar-refractivity contribution in [2.45, 2.75) is 32.1 Å². The highest BCUT2D eigenvalue weighted by atomic mass is 16.1. The number of nitrogens with one attached hydrogen (secondary N) is 2. The maximum atomic E-state index is 12.4. The number of benzene rings is 1. The van der Waals surface area contributed by atoms with Gasteiger partial charge < -0.3 is 10.6 Å². The summed E-state index contributed by atoms with van der Waals surface area (Å²) in [7, 11) is 0. The Morgan fingerprint density at radius 2 is 1.83 bits per heavy atom. The minimum absolute atomic E-state index is 0.0559. The Labute approximate surface area is 171 Å². The van der Waals surface area contributed by atoms with Crippen molar-refractivity contribution in [2.24, 2.45) is 0 Å². The van der Waals surface area contributed by atoms with Crippen LogP contribution in [-0.4, -0.2) is 29.0 Å².